The van der Waals surface area contributed by atoms with Gasteiger partial charge in [-0.05, 0) is 31.7 Å². The van der Waals surface area contributed by atoms with Crippen molar-refractivity contribution in [2.75, 3.05) is 20.1 Å². The first-order chi connectivity index (χ1) is 8.45. The molecule has 1 aliphatic rings. The third-order valence-electron chi connectivity index (χ3n) is 3.07. The Morgan fingerprint density at radius 3 is 2.83 bits per heavy atom. The molecule has 1 N–H and O–H groups in total. The number of hydrogen-bond donors (Lipinski definition) is 1. The van der Waals surface area contributed by atoms with Crippen LogP contribution in [0.15, 0.2) is 23.1 Å². The van der Waals surface area contributed by atoms with E-state index in [-0.39, 0.29) is 16.0 Å². The molecule has 18 heavy (non-hydrogen) atoms. The van der Waals surface area contributed by atoms with Crippen LogP contribution in [0.3, 0.4) is 0 Å². The van der Waals surface area contributed by atoms with Gasteiger partial charge in [0.2, 0.25) is 10.0 Å². The standard InChI is InChI=1S/C11H14ClFN2O2S/c1-14-9-4-5-15(7-9)18(16,17)11-6-8(13)2-3-10(11)12/h2-3,6,9,14H,4-5,7H2,1H3. The monoisotopic (exact) mass is 292 g/mol. The molecule has 0 saturated carbocycles. The third kappa shape index (κ3) is 2.51. The van der Waals surface area contributed by atoms with E-state index < -0.39 is 15.8 Å². The van der Waals surface area contributed by atoms with Crippen LogP contribution in [0.2, 0.25) is 5.02 Å². The zero-order chi connectivity index (χ0) is 13.3. The second-order valence-electron chi connectivity index (χ2n) is 4.21. The predicted octanol–water partition coefficient (Wildman–Crippen LogP) is 1.46. The molecule has 1 heterocycles. The van der Waals surface area contributed by atoms with Crippen molar-refractivity contribution in [2.45, 2.75) is 17.4 Å². The van der Waals surface area contributed by atoms with Crippen molar-refractivity contribution in [1.82, 2.24) is 9.62 Å². The van der Waals surface area contributed by atoms with Crippen LogP contribution >= 0.6 is 11.6 Å². The van der Waals surface area contributed by atoms with Gasteiger partial charge in [0.1, 0.15) is 10.7 Å². The van der Waals surface area contributed by atoms with E-state index in [1.807, 2.05) is 0 Å². The van der Waals surface area contributed by atoms with E-state index in [0.717, 1.165) is 18.6 Å². The van der Waals surface area contributed by atoms with Gasteiger partial charge in [0, 0.05) is 19.1 Å². The molecule has 1 fully saturated rings. The summed E-state index contributed by atoms with van der Waals surface area (Å²) in [5.41, 5.74) is 0. The summed E-state index contributed by atoms with van der Waals surface area (Å²) in [7, 11) is -1.93. The van der Waals surface area contributed by atoms with Crippen molar-refractivity contribution >= 4 is 21.6 Å². The van der Waals surface area contributed by atoms with Crippen molar-refractivity contribution < 1.29 is 12.8 Å². The molecule has 7 heteroatoms. The van der Waals surface area contributed by atoms with Crippen LogP contribution in [-0.4, -0.2) is 38.9 Å². The van der Waals surface area contributed by atoms with Crippen LogP contribution in [0.5, 0.6) is 0 Å². The molecule has 1 aromatic carbocycles. The lowest BCUT2D eigenvalue weighted by Gasteiger charge is -2.17. The van der Waals surface area contributed by atoms with Gasteiger partial charge in [-0.25, -0.2) is 12.8 Å². The quantitative estimate of drug-likeness (QED) is 0.918. The highest BCUT2D eigenvalue weighted by Gasteiger charge is 2.33. The summed E-state index contributed by atoms with van der Waals surface area (Å²) in [4.78, 5) is -0.166. The molecule has 0 radical (unpaired) electrons. The predicted molar refractivity (Wildman–Crippen MR) is 67.6 cm³/mol. The van der Waals surface area contributed by atoms with Gasteiger partial charge in [-0.2, -0.15) is 4.31 Å². The zero-order valence-electron chi connectivity index (χ0n) is 9.86. The van der Waals surface area contributed by atoms with E-state index in [1.165, 1.54) is 10.4 Å². The fraction of sp³-hybridized carbons (Fsp3) is 0.455. The molecular formula is C11H14ClFN2O2S. The Morgan fingerprint density at radius 1 is 1.50 bits per heavy atom. The number of benzene rings is 1. The van der Waals surface area contributed by atoms with Gasteiger partial charge in [0.15, 0.2) is 0 Å². The maximum Gasteiger partial charge on any atom is 0.244 e. The molecular weight excluding hydrogens is 279 g/mol. The molecule has 4 nitrogen and oxygen atoms in total. The Kier molecular flexibility index (Phi) is 3.91. The smallest absolute Gasteiger partial charge is 0.244 e. The van der Waals surface area contributed by atoms with E-state index in [9.17, 15) is 12.8 Å². The largest absolute Gasteiger partial charge is 0.316 e. The topological polar surface area (TPSA) is 49.4 Å². The first-order valence-corrected chi connectivity index (χ1v) is 7.39. The van der Waals surface area contributed by atoms with Gasteiger partial charge < -0.3 is 5.32 Å². The molecule has 0 aliphatic carbocycles. The van der Waals surface area contributed by atoms with Gasteiger partial charge in [-0.1, -0.05) is 11.6 Å². The summed E-state index contributed by atoms with van der Waals surface area (Å²) < 4.78 is 39.1. The van der Waals surface area contributed by atoms with Gasteiger partial charge in [0.05, 0.1) is 5.02 Å². The lowest BCUT2D eigenvalue weighted by atomic mass is 10.3. The second kappa shape index (κ2) is 5.13. The molecule has 1 atom stereocenters. The fourth-order valence-electron chi connectivity index (χ4n) is 2.00. The SMILES string of the molecule is CNC1CCN(S(=O)(=O)c2cc(F)ccc2Cl)C1. The first kappa shape index (κ1) is 13.7. The molecule has 0 spiro atoms. The third-order valence-corrected chi connectivity index (χ3v) is 5.42. The number of hydrogen-bond acceptors (Lipinski definition) is 3. The maximum atomic E-state index is 13.2. The highest BCUT2D eigenvalue weighted by atomic mass is 35.5. The number of sulfonamides is 1. The maximum absolute atomic E-state index is 13.2. The average molecular weight is 293 g/mol. The van der Waals surface area contributed by atoms with Crippen LogP contribution < -0.4 is 5.32 Å². The second-order valence-corrected chi connectivity index (χ2v) is 6.53. The minimum atomic E-state index is -3.71. The Bertz CT molecular complexity index is 550. The summed E-state index contributed by atoms with van der Waals surface area (Å²) in [6.45, 7) is 0.798. The Morgan fingerprint density at radius 2 is 2.22 bits per heavy atom. The summed E-state index contributed by atoms with van der Waals surface area (Å²) in [6, 6.07) is 3.49. The molecule has 1 unspecified atom stereocenters. The van der Waals surface area contributed by atoms with Crippen LogP contribution in [0.25, 0.3) is 0 Å². The van der Waals surface area contributed by atoms with E-state index in [0.29, 0.717) is 13.1 Å². The minimum absolute atomic E-state index is 0.0457. The number of nitrogens with zero attached hydrogens (tertiary/aromatic N) is 1. The van der Waals surface area contributed by atoms with Crippen LogP contribution in [0.1, 0.15) is 6.42 Å². The Balaban J connectivity index is 2.34. The normalized spacial score (nSPS) is 21.4. The molecule has 0 amide bonds. The summed E-state index contributed by atoms with van der Waals surface area (Å²) in [5, 5.41) is 3.08. The van der Waals surface area contributed by atoms with Crippen molar-refractivity contribution in [1.29, 1.82) is 0 Å². The molecule has 2 rings (SSSR count). The number of halogens is 2. The highest BCUT2D eigenvalue weighted by molar-refractivity contribution is 7.89. The van der Waals surface area contributed by atoms with Gasteiger partial charge in [0.25, 0.3) is 0 Å². The van der Waals surface area contributed by atoms with Gasteiger partial charge in [-0.15, -0.1) is 0 Å². The molecule has 1 aliphatic heterocycles. The summed E-state index contributed by atoms with van der Waals surface area (Å²) >= 11 is 5.84. The van der Waals surface area contributed by atoms with Crippen LogP contribution in [0, 0.1) is 5.82 Å². The van der Waals surface area contributed by atoms with Crippen LogP contribution in [-0.2, 0) is 10.0 Å². The number of rotatable bonds is 3. The molecule has 1 saturated heterocycles. The summed E-state index contributed by atoms with van der Waals surface area (Å²) in [5.74, 6) is -0.609. The molecule has 0 bridgehead atoms. The molecule has 1 aromatic rings. The first-order valence-electron chi connectivity index (χ1n) is 5.57. The fourth-order valence-corrected chi connectivity index (χ4v) is 3.98. The Hall–Kier alpha value is -0.690. The Labute approximate surface area is 111 Å². The van der Waals surface area contributed by atoms with E-state index >= 15 is 0 Å². The van der Waals surface area contributed by atoms with E-state index in [2.05, 4.69) is 5.32 Å². The van der Waals surface area contributed by atoms with Crippen molar-refractivity contribution in [2.24, 2.45) is 0 Å². The zero-order valence-corrected chi connectivity index (χ0v) is 11.4. The number of likely N-dealkylation sites (N-methyl/N-ethyl adjacent to an activating group) is 1. The molecule has 0 aromatic heterocycles. The van der Waals surface area contributed by atoms with Crippen molar-refractivity contribution in [3.63, 3.8) is 0 Å². The lowest BCUT2D eigenvalue weighted by Crippen LogP contribution is -2.33. The number of nitrogens with one attached hydrogen (secondary N) is 1. The van der Waals surface area contributed by atoms with E-state index in [4.69, 9.17) is 11.6 Å². The van der Waals surface area contributed by atoms with Crippen molar-refractivity contribution in [3.05, 3.63) is 29.0 Å². The highest BCUT2D eigenvalue weighted by Crippen LogP contribution is 2.27. The minimum Gasteiger partial charge on any atom is -0.316 e. The van der Waals surface area contributed by atoms with Gasteiger partial charge in [-0.3, -0.25) is 0 Å². The average Bonchev–Trinajstić information content (AvgIpc) is 2.81. The van der Waals surface area contributed by atoms with Crippen molar-refractivity contribution in [3.8, 4) is 0 Å². The van der Waals surface area contributed by atoms with Crippen LogP contribution in [0.4, 0.5) is 4.39 Å². The summed E-state index contributed by atoms with van der Waals surface area (Å²) in [6.07, 6.45) is 0.739. The van der Waals surface area contributed by atoms with Gasteiger partial charge >= 0.3 is 0 Å². The van der Waals surface area contributed by atoms with E-state index in [1.54, 1.807) is 7.05 Å². The lowest BCUT2D eigenvalue weighted by molar-refractivity contribution is 0.464. The molecule has 100 valence electrons.